The summed E-state index contributed by atoms with van der Waals surface area (Å²) < 4.78 is 7.32. The van der Waals surface area contributed by atoms with E-state index in [-0.39, 0.29) is 45.2 Å². The summed E-state index contributed by atoms with van der Waals surface area (Å²) in [5.41, 5.74) is 0. The maximum atomic E-state index is 7.32. The Morgan fingerprint density at radius 3 is 1.46 bits per heavy atom. The maximum Gasteiger partial charge on any atom is 2.00 e. The Labute approximate surface area is 100 Å². The van der Waals surface area contributed by atoms with Crippen molar-refractivity contribution in [2.75, 3.05) is 0 Å². The second-order valence-electron chi connectivity index (χ2n) is 2.56. The van der Waals surface area contributed by atoms with E-state index in [0.717, 1.165) is 0 Å². The van der Waals surface area contributed by atoms with E-state index >= 15 is 0 Å². The molecule has 0 N–H and O–H groups in total. The monoisotopic (exact) mass is 225 g/mol. The van der Waals surface area contributed by atoms with Gasteiger partial charge in [-0.05, 0) is 0 Å². The van der Waals surface area contributed by atoms with E-state index in [2.05, 4.69) is 13.0 Å². The van der Waals surface area contributed by atoms with Crippen LogP contribution < -0.4 is 0 Å². The number of hydrogen-bond acceptors (Lipinski definition) is 0. The summed E-state index contributed by atoms with van der Waals surface area (Å²) in [4.78, 5) is 0. The zero-order valence-electron chi connectivity index (χ0n) is 9.31. The van der Waals surface area contributed by atoms with E-state index in [1.807, 2.05) is 40.7 Å². The fraction of sp³-hybridized carbons (Fsp3) is 0.750. The van der Waals surface area contributed by atoms with Gasteiger partial charge >= 0.3 is 18.6 Å². The summed E-state index contributed by atoms with van der Waals surface area (Å²) >= 11 is 0. The normalized spacial score (nSPS) is 12.0. The number of allylic oxidation sites excluding steroid dienone is 2. The van der Waals surface area contributed by atoms with Crippen molar-refractivity contribution in [1.29, 1.82) is 0 Å². The van der Waals surface area contributed by atoms with Crippen LogP contribution in [0.2, 0.25) is 0 Å². The van der Waals surface area contributed by atoms with Crippen LogP contribution >= 0.6 is 0 Å². The Morgan fingerprint density at radius 1 is 1.31 bits per heavy atom. The summed E-state index contributed by atoms with van der Waals surface area (Å²) in [7, 11) is 0. The molecule has 0 fully saturated rings. The molecule has 0 heterocycles. The molecule has 0 aromatic heterocycles. The maximum absolute atomic E-state index is 7.32. The minimum atomic E-state index is -0.361. The Hall–Kier alpha value is 0.324. The topological polar surface area (TPSA) is 0 Å². The first kappa shape index (κ1) is 23.3. The average molecular weight is 225 g/mol. The van der Waals surface area contributed by atoms with Gasteiger partial charge in [0.1, 0.15) is 0 Å². The Kier molecular flexibility index (Phi) is 40.8. The van der Waals surface area contributed by atoms with Crippen molar-refractivity contribution >= 4 is 0 Å². The van der Waals surface area contributed by atoms with Gasteiger partial charge in [0.25, 0.3) is 0 Å². The molecule has 0 aliphatic carbocycles. The summed E-state index contributed by atoms with van der Waals surface area (Å²) in [5, 5.41) is 0. The third-order valence-corrected chi connectivity index (χ3v) is 1.27. The molecule has 0 aromatic carbocycles. The Bertz CT molecular complexity index is 97.4. The quantitative estimate of drug-likeness (QED) is 0.564. The molecular weight excluding hydrogens is 195 g/mol. The molecule has 0 aliphatic heterocycles. The van der Waals surface area contributed by atoms with E-state index < -0.39 is 0 Å². The molecule has 0 saturated carbocycles. The van der Waals surface area contributed by atoms with Gasteiger partial charge in [0.05, 0.1) is 0 Å². The molecule has 81 valence electrons. The minimum absolute atomic E-state index is 0. The SMILES string of the molecule is C.C.C[C-]=CC.[3H]C(C)(C)C([CH2-])C.[V+2]. The minimum Gasteiger partial charge on any atom is -0.504 e. The molecule has 1 heteroatoms. The van der Waals surface area contributed by atoms with Crippen molar-refractivity contribution in [1.82, 2.24) is 0 Å². The van der Waals surface area contributed by atoms with Gasteiger partial charge in [-0.3, -0.25) is 6.08 Å². The molecule has 0 amide bonds. The molecular formula is C12H28V. The molecule has 13 heavy (non-hydrogen) atoms. The Morgan fingerprint density at radius 2 is 1.46 bits per heavy atom. The Balaban J connectivity index is -0.0000000347. The number of rotatable bonds is 1. The molecule has 1 unspecified atom stereocenters. The van der Waals surface area contributed by atoms with Crippen LogP contribution in [0.25, 0.3) is 0 Å². The van der Waals surface area contributed by atoms with Crippen LogP contribution in [0.1, 0.15) is 50.8 Å². The standard InChI is InChI=1S/C6H13.C4H7.2CH4.V/c1-5(2)6(3)4;1-3-4-2;;;/h5-6H,1H2,2-4H3;3H,1-2H3;2*1H4;/q2*-1;;;+2/i6T;;;;. The molecule has 1 radical (unpaired) electrons. The summed E-state index contributed by atoms with van der Waals surface area (Å²) in [6, 6.07) is 0. The van der Waals surface area contributed by atoms with Crippen LogP contribution in [-0.2, 0) is 18.6 Å². The zero-order valence-corrected chi connectivity index (χ0v) is 9.71. The first-order valence-corrected chi connectivity index (χ1v) is 3.64. The second-order valence-corrected chi connectivity index (χ2v) is 2.56. The molecule has 0 saturated heterocycles. The molecule has 0 aromatic rings. The van der Waals surface area contributed by atoms with Crippen LogP contribution in [0, 0.1) is 24.8 Å². The first-order valence-electron chi connectivity index (χ1n) is 4.14. The fourth-order valence-electron chi connectivity index (χ4n) is 0. The van der Waals surface area contributed by atoms with Crippen LogP contribution in [0.3, 0.4) is 0 Å². The molecule has 0 nitrogen and oxygen atoms in total. The van der Waals surface area contributed by atoms with Gasteiger partial charge in [0.15, 0.2) is 0 Å². The molecule has 0 spiro atoms. The van der Waals surface area contributed by atoms with Crippen molar-refractivity contribution in [3.63, 3.8) is 0 Å². The van der Waals surface area contributed by atoms with Crippen molar-refractivity contribution < 1.29 is 19.9 Å². The van der Waals surface area contributed by atoms with Gasteiger partial charge in [-0.25, -0.2) is 0 Å². The van der Waals surface area contributed by atoms with Crippen molar-refractivity contribution in [2.24, 2.45) is 11.8 Å². The zero-order chi connectivity index (χ0) is 9.49. The van der Waals surface area contributed by atoms with E-state index in [9.17, 15) is 0 Å². The third kappa shape index (κ3) is 46.3. The largest absolute Gasteiger partial charge is 2.00 e. The van der Waals surface area contributed by atoms with Crippen LogP contribution in [0.15, 0.2) is 6.08 Å². The van der Waals surface area contributed by atoms with Gasteiger partial charge < -0.3 is 13.0 Å². The van der Waals surface area contributed by atoms with Crippen molar-refractivity contribution in [2.45, 2.75) is 49.5 Å². The second kappa shape index (κ2) is 22.8. The van der Waals surface area contributed by atoms with Crippen LogP contribution in [0.4, 0.5) is 0 Å². The van der Waals surface area contributed by atoms with Gasteiger partial charge in [-0.15, -0.1) is 0 Å². The van der Waals surface area contributed by atoms with Gasteiger partial charge in [-0.1, -0.05) is 48.4 Å². The molecule has 0 aliphatic rings. The average Bonchev–Trinajstić information content (AvgIpc) is 1.87. The molecule has 0 bridgehead atoms. The van der Waals surface area contributed by atoms with E-state index in [0.29, 0.717) is 0 Å². The van der Waals surface area contributed by atoms with Crippen molar-refractivity contribution in [3.05, 3.63) is 19.1 Å². The summed E-state index contributed by atoms with van der Waals surface area (Å²) in [6.45, 7) is 13.2. The molecule has 1 atom stereocenters. The summed E-state index contributed by atoms with van der Waals surface area (Å²) in [5.74, 6) is -0.146. The number of hydrogen-bond donors (Lipinski definition) is 0. The summed E-state index contributed by atoms with van der Waals surface area (Å²) in [6.07, 6.45) is 4.68. The van der Waals surface area contributed by atoms with Gasteiger partial charge in [0, 0.05) is 1.37 Å². The van der Waals surface area contributed by atoms with Crippen LogP contribution in [0.5, 0.6) is 0 Å². The van der Waals surface area contributed by atoms with E-state index in [1.54, 1.807) is 0 Å². The van der Waals surface area contributed by atoms with Crippen LogP contribution in [-0.4, -0.2) is 0 Å². The predicted octanol–water partition coefficient (Wildman–Crippen LogP) is 4.77. The van der Waals surface area contributed by atoms with Crippen molar-refractivity contribution in [3.8, 4) is 0 Å². The van der Waals surface area contributed by atoms with Gasteiger partial charge in [-0.2, -0.15) is 12.8 Å². The smallest absolute Gasteiger partial charge is 0.504 e. The van der Waals surface area contributed by atoms with E-state index in [4.69, 9.17) is 1.37 Å². The third-order valence-electron chi connectivity index (χ3n) is 1.27. The molecule has 0 rings (SSSR count). The van der Waals surface area contributed by atoms with E-state index in [1.165, 1.54) is 0 Å². The van der Waals surface area contributed by atoms with Gasteiger partial charge in [0.2, 0.25) is 0 Å². The first-order chi connectivity index (χ1) is 4.86. The fourth-order valence-corrected chi connectivity index (χ4v) is 0. The predicted molar refractivity (Wildman–Crippen MR) is 62.0 cm³/mol.